The van der Waals surface area contributed by atoms with Gasteiger partial charge in [-0.15, -0.1) is 0 Å². The molecule has 5 rings (SSSR count). The fraction of sp³-hybridized carbons (Fsp3) is 0.387. The zero-order valence-electron chi connectivity index (χ0n) is 23.5. The van der Waals surface area contributed by atoms with Gasteiger partial charge in [-0.25, -0.2) is 13.1 Å². The van der Waals surface area contributed by atoms with Crippen LogP contribution in [0.1, 0.15) is 64.4 Å². The first-order valence-corrected chi connectivity index (χ1v) is 17.0. The van der Waals surface area contributed by atoms with Crippen LogP contribution < -0.4 is 0 Å². The molecular weight excluding hydrogens is 573 g/mol. The molecular formula is C31H36N4O3S3. The molecule has 1 saturated carbocycles. The molecule has 2 aliphatic rings. The molecule has 1 aliphatic carbocycles. The molecule has 41 heavy (non-hydrogen) atoms. The quantitative estimate of drug-likeness (QED) is 0.184. The molecule has 2 fully saturated rings. The third kappa shape index (κ3) is 6.35. The molecule has 1 amide bonds. The van der Waals surface area contributed by atoms with E-state index in [1.54, 1.807) is 32.1 Å². The number of sulfonamides is 1. The van der Waals surface area contributed by atoms with E-state index in [-0.39, 0.29) is 16.8 Å². The summed E-state index contributed by atoms with van der Waals surface area (Å²) < 4.78 is 31.1. The lowest BCUT2D eigenvalue weighted by Gasteiger charge is -2.29. The molecule has 2 heterocycles. The zero-order chi connectivity index (χ0) is 29.0. The molecule has 0 radical (unpaired) electrons. The maximum Gasteiger partial charge on any atom is 0.266 e. The Hall–Kier alpha value is -2.79. The molecule has 0 unspecified atom stereocenters. The van der Waals surface area contributed by atoms with Gasteiger partial charge in [-0.3, -0.25) is 9.69 Å². The second-order valence-corrected chi connectivity index (χ2v) is 14.1. The number of hydrogen-bond acceptors (Lipinski definition) is 6. The van der Waals surface area contributed by atoms with E-state index in [0.29, 0.717) is 33.6 Å². The van der Waals surface area contributed by atoms with E-state index in [0.717, 1.165) is 49.8 Å². The first kappa shape index (κ1) is 29.7. The first-order valence-electron chi connectivity index (χ1n) is 14.4. The molecule has 0 spiro atoms. The highest BCUT2D eigenvalue weighted by atomic mass is 32.2. The maximum absolute atomic E-state index is 13.6. The molecule has 216 valence electrons. The minimum absolute atomic E-state index is 0.0589. The Morgan fingerprint density at radius 3 is 2.41 bits per heavy atom. The second kappa shape index (κ2) is 13.0. The van der Waals surface area contributed by atoms with Crippen molar-refractivity contribution in [1.29, 1.82) is 0 Å². The van der Waals surface area contributed by atoms with Gasteiger partial charge in [-0.2, -0.15) is 9.40 Å². The molecule has 7 nitrogen and oxygen atoms in total. The minimum atomic E-state index is -3.67. The van der Waals surface area contributed by atoms with E-state index >= 15 is 0 Å². The number of thioether (sulfide) groups is 1. The molecule has 1 saturated heterocycles. The zero-order valence-corrected chi connectivity index (χ0v) is 26.0. The number of amides is 1. The molecule has 0 bridgehead atoms. The summed E-state index contributed by atoms with van der Waals surface area (Å²) in [6, 6.07) is 16.8. The van der Waals surface area contributed by atoms with Crippen molar-refractivity contribution < 1.29 is 13.2 Å². The number of hydrogen-bond donors (Lipinski definition) is 0. The van der Waals surface area contributed by atoms with Gasteiger partial charge in [0.2, 0.25) is 10.0 Å². The molecule has 3 aromatic rings. The lowest BCUT2D eigenvalue weighted by molar-refractivity contribution is -0.124. The van der Waals surface area contributed by atoms with Crippen LogP contribution in [0.2, 0.25) is 0 Å². The minimum Gasteiger partial charge on any atom is -0.290 e. The second-order valence-electron chi connectivity index (χ2n) is 10.5. The summed E-state index contributed by atoms with van der Waals surface area (Å²) in [5, 5.41) is 4.88. The van der Waals surface area contributed by atoms with Gasteiger partial charge in [0.25, 0.3) is 5.91 Å². The molecule has 0 N–H and O–H groups in total. The van der Waals surface area contributed by atoms with Crippen LogP contribution in [0.25, 0.3) is 23.0 Å². The van der Waals surface area contributed by atoms with Crippen LogP contribution in [0.5, 0.6) is 0 Å². The number of rotatable bonds is 10. The Bertz CT molecular complexity index is 1540. The van der Waals surface area contributed by atoms with Crippen LogP contribution >= 0.6 is 24.0 Å². The average Bonchev–Trinajstić information content (AvgIpc) is 3.53. The number of thiocarbonyl (C=S) groups is 1. The summed E-state index contributed by atoms with van der Waals surface area (Å²) in [5.74, 6) is -0.0589. The monoisotopic (exact) mass is 608 g/mol. The molecule has 2 aromatic carbocycles. The van der Waals surface area contributed by atoms with Gasteiger partial charge in [0.1, 0.15) is 10.0 Å². The highest BCUT2D eigenvalue weighted by molar-refractivity contribution is 8.26. The van der Waals surface area contributed by atoms with Crippen LogP contribution in [0, 0.1) is 0 Å². The van der Waals surface area contributed by atoms with E-state index in [4.69, 9.17) is 17.3 Å². The van der Waals surface area contributed by atoms with Crippen molar-refractivity contribution in [2.24, 2.45) is 0 Å². The fourth-order valence-electron chi connectivity index (χ4n) is 5.51. The summed E-state index contributed by atoms with van der Waals surface area (Å²) in [7, 11) is -3.67. The van der Waals surface area contributed by atoms with Crippen LogP contribution in [-0.2, 0) is 14.8 Å². The largest absolute Gasteiger partial charge is 0.290 e. The third-order valence-corrected chi connectivity index (χ3v) is 10.7. The molecule has 1 aromatic heterocycles. The maximum atomic E-state index is 13.6. The Labute approximate surface area is 252 Å². The number of carbonyl (C=O) groups is 1. The van der Waals surface area contributed by atoms with Crippen molar-refractivity contribution in [2.75, 3.05) is 13.1 Å². The summed E-state index contributed by atoms with van der Waals surface area (Å²) in [5.41, 5.74) is 2.87. The van der Waals surface area contributed by atoms with Gasteiger partial charge in [-0.1, -0.05) is 87.4 Å². The Kier molecular flexibility index (Phi) is 9.43. The van der Waals surface area contributed by atoms with E-state index in [9.17, 15) is 13.2 Å². The van der Waals surface area contributed by atoms with Crippen LogP contribution in [0.3, 0.4) is 0 Å². The number of benzene rings is 2. The summed E-state index contributed by atoms with van der Waals surface area (Å²) in [6.45, 7) is 4.90. The van der Waals surface area contributed by atoms with Crippen molar-refractivity contribution >= 4 is 50.3 Å². The predicted molar refractivity (Wildman–Crippen MR) is 170 cm³/mol. The molecule has 1 aliphatic heterocycles. The third-order valence-electron chi connectivity index (χ3n) is 7.50. The van der Waals surface area contributed by atoms with Crippen molar-refractivity contribution in [3.05, 3.63) is 71.3 Å². The van der Waals surface area contributed by atoms with Gasteiger partial charge in [0.05, 0.1) is 15.5 Å². The number of para-hydroxylation sites is 1. The summed E-state index contributed by atoms with van der Waals surface area (Å²) >= 11 is 6.99. The average molecular weight is 609 g/mol. The number of carbonyl (C=O) groups excluding carboxylic acids is 1. The topological polar surface area (TPSA) is 75.5 Å². The fourth-order valence-corrected chi connectivity index (χ4v) is 8.57. The van der Waals surface area contributed by atoms with Crippen LogP contribution in [0.4, 0.5) is 0 Å². The standard InChI is InChI=1S/C31H36N4O3S3/c1-3-18-33(19-4-2)41(37,38)27-17-11-12-23(20-27)29-24(22-34(32-29)25-13-7-5-8-14-25)21-28-30(36)35(31(39)40-28)26-15-9-6-10-16-26/h5,7-8,11-14,17,20-22,26H,3-4,6,9-10,15-16,18-19H2,1-2H3/b28-21-. The Morgan fingerprint density at radius 2 is 1.73 bits per heavy atom. The lowest BCUT2D eigenvalue weighted by Crippen LogP contribution is -2.39. The van der Waals surface area contributed by atoms with Crippen molar-refractivity contribution in [3.8, 4) is 16.9 Å². The van der Waals surface area contributed by atoms with E-state index in [1.807, 2.05) is 62.5 Å². The van der Waals surface area contributed by atoms with Crippen LogP contribution in [0.15, 0.2) is 70.6 Å². The smallest absolute Gasteiger partial charge is 0.266 e. The first-order chi connectivity index (χ1) is 19.8. The highest BCUT2D eigenvalue weighted by Crippen LogP contribution is 2.38. The van der Waals surface area contributed by atoms with Gasteiger partial charge in [-0.05, 0) is 56.0 Å². The molecule has 0 atom stereocenters. The Morgan fingerprint density at radius 1 is 1.02 bits per heavy atom. The van der Waals surface area contributed by atoms with Crippen LogP contribution in [-0.4, -0.2) is 56.8 Å². The van der Waals surface area contributed by atoms with E-state index < -0.39 is 10.0 Å². The Balaban J connectivity index is 1.56. The summed E-state index contributed by atoms with van der Waals surface area (Å²) in [4.78, 5) is 16.2. The predicted octanol–water partition coefficient (Wildman–Crippen LogP) is 6.88. The van der Waals surface area contributed by atoms with Gasteiger partial charge < -0.3 is 0 Å². The SMILES string of the molecule is CCCN(CCC)S(=O)(=O)c1cccc(-c2nn(-c3ccccc3)cc2/C=C2\SC(=S)N(C3CCCCC3)C2=O)c1. The van der Waals surface area contributed by atoms with Gasteiger partial charge >= 0.3 is 0 Å². The van der Waals surface area contributed by atoms with Crippen molar-refractivity contribution in [2.45, 2.75) is 69.7 Å². The highest BCUT2D eigenvalue weighted by Gasteiger charge is 2.37. The molecule has 10 heteroatoms. The number of nitrogens with zero attached hydrogens (tertiary/aromatic N) is 4. The van der Waals surface area contributed by atoms with Crippen molar-refractivity contribution in [1.82, 2.24) is 19.0 Å². The van der Waals surface area contributed by atoms with Crippen molar-refractivity contribution in [3.63, 3.8) is 0 Å². The van der Waals surface area contributed by atoms with E-state index in [2.05, 4.69) is 0 Å². The summed E-state index contributed by atoms with van der Waals surface area (Å²) in [6.07, 6.45) is 10.6. The van der Waals surface area contributed by atoms with Gasteiger partial charge in [0.15, 0.2) is 0 Å². The lowest BCUT2D eigenvalue weighted by atomic mass is 9.94. The van der Waals surface area contributed by atoms with E-state index in [1.165, 1.54) is 18.2 Å². The normalized spacial score (nSPS) is 17.7. The number of aromatic nitrogens is 2. The van der Waals surface area contributed by atoms with Gasteiger partial charge in [0, 0.05) is 36.5 Å².